The monoisotopic (exact) mass is 424 g/mol. The lowest BCUT2D eigenvalue weighted by molar-refractivity contribution is -0.128. The van der Waals surface area contributed by atoms with Crippen LogP contribution in [0.1, 0.15) is 25.3 Å². The lowest BCUT2D eigenvalue weighted by atomic mass is 10.2. The zero-order chi connectivity index (χ0) is 20.5. The number of rotatable bonds is 5. The Bertz CT molecular complexity index is 1060. The highest BCUT2D eigenvalue weighted by molar-refractivity contribution is 7.22. The Morgan fingerprint density at radius 3 is 2.90 bits per heavy atom. The summed E-state index contributed by atoms with van der Waals surface area (Å²) in [6.45, 7) is 3.53. The van der Waals surface area contributed by atoms with Crippen molar-refractivity contribution in [1.29, 1.82) is 0 Å². The van der Waals surface area contributed by atoms with E-state index in [1.165, 1.54) is 16.9 Å². The molecule has 30 heavy (non-hydrogen) atoms. The van der Waals surface area contributed by atoms with E-state index < -0.39 is 6.10 Å². The average molecular weight is 425 g/mol. The van der Waals surface area contributed by atoms with E-state index in [1.807, 2.05) is 30.3 Å². The molecule has 0 aliphatic carbocycles. The normalized spacial score (nSPS) is 20.4. The summed E-state index contributed by atoms with van der Waals surface area (Å²) in [6, 6.07) is 13.7. The molecule has 2 aromatic carbocycles. The Balaban J connectivity index is 1.45. The van der Waals surface area contributed by atoms with E-state index in [1.54, 1.807) is 4.90 Å². The number of aryl methyl sites for hydroxylation is 1. The van der Waals surface area contributed by atoms with E-state index in [-0.39, 0.29) is 18.6 Å². The number of para-hydroxylation sites is 2. The number of carbonyl (C=O) groups is 1. The van der Waals surface area contributed by atoms with Crippen molar-refractivity contribution in [1.82, 2.24) is 4.98 Å². The van der Waals surface area contributed by atoms with Crippen molar-refractivity contribution >= 4 is 32.6 Å². The molecule has 1 amide bonds. The molecule has 3 heterocycles. The van der Waals surface area contributed by atoms with E-state index in [4.69, 9.17) is 19.2 Å². The highest BCUT2D eigenvalue weighted by Gasteiger charge is 2.35. The summed E-state index contributed by atoms with van der Waals surface area (Å²) in [5.74, 6) is 1.12. The average Bonchev–Trinajstić information content (AvgIpc) is 3.45. The third-order valence-electron chi connectivity index (χ3n) is 5.54. The highest BCUT2D eigenvalue weighted by atomic mass is 32.1. The van der Waals surface area contributed by atoms with E-state index >= 15 is 0 Å². The smallest absolute Gasteiger partial charge is 0.273 e. The van der Waals surface area contributed by atoms with Crippen LogP contribution in [0.15, 0.2) is 42.5 Å². The maximum atomic E-state index is 13.5. The molecule has 2 aliphatic rings. The zero-order valence-electron chi connectivity index (χ0n) is 16.9. The molecule has 6 nitrogen and oxygen atoms in total. The van der Waals surface area contributed by atoms with Crippen LogP contribution in [0.5, 0.6) is 11.5 Å². The minimum absolute atomic E-state index is 0.0176. The number of benzene rings is 2. The largest absolute Gasteiger partial charge is 0.485 e. The van der Waals surface area contributed by atoms with Gasteiger partial charge < -0.3 is 14.2 Å². The number of aromatic nitrogens is 1. The van der Waals surface area contributed by atoms with Gasteiger partial charge >= 0.3 is 0 Å². The van der Waals surface area contributed by atoms with Gasteiger partial charge in [0.15, 0.2) is 16.6 Å². The minimum atomic E-state index is -0.709. The number of thiazole rings is 1. The molecule has 7 heteroatoms. The summed E-state index contributed by atoms with van der Waals surface area (Å²) in [6.07, 6.45) is 2.24. The quantitative estimate of drug-likeness (QED) is 0.614. The van der Waals surface area contributed by atoms with Gasteiger partial charge in [-0.15, -0.1) is 0 Å². The van der Waals surface area contributed by atoms with Crippen molar-refractivity contribution in [2.45, 2.75) is 38.4 Å². The van der Waals surface area contributed by atoms with Crippen molar-refractivity contribution in [2.75, 3.05) is 24.7 Å². The number of ether oxygens (including phenoxy) is 3. The van der Waals surface area contributed by atoms with Crippen LogP contribution in [0, 0.1) is 0 Å². The number of nitrogens with zero attached hydrogens (tertiary/aromatic N) is 2. The lowest BCUT2D eigenvalue weighted by Gasteiger charge is -2.30. The van der Waals surface area contributed by atoms with Crippen molar-refractivity contribution in [3.8, 4) is 11.5 Å². The van der Waals surface area contributed by atoms with Gasteiger partial charge in [0.25, 0.3) is 5.91 Å². The van der Waals surface area contributed by atoms with Gasteiger partial charge in [0, 0.05) is 6.61 Å². The maximum absolute atomic E-state index is 13.5. The van der Waals surface area contributed by atoms with E-state index in [0.29, 0.717) is 23.2 Å². The molecule has 0 N–H and O–H groups in total. The molecule has 0 saturated carbocycles. The second kappa shape index (κ2) is 8.24. The first-order chi connectivity index (χ1) is 14.7. The van der Waals surface area contributed by atoms with Crippen molar-refractivity contribution in [3.05, 3.63) is 48.0 Å². The molecule has 0 spiro atoms. The summed E-state index contributed by atoms with van der Waals surface area (Å²) in [4.78, 5) is 20.0. The fraction of sp³-hybridized carbons (Fsp3) is 0.391. The molecule has 0 radical (unpaired) electrons. The van der Waals surface area contributed by atoms with Gasteiger partial charge in [0.2, 0.25) is 6.10 Å². The molecule has 2 aliphatic heterocycles. The Hall–Kier alpha value is -2.64. The van der Waals surface area contributed by atoms with Crippen molar-refractivity contribution in [2.24, 2.45) is 0 Å². The van der Waals surface area contributed by atoms with Crippen molar-refractivity contribution < 1.29 is 19.0 Å². The summed E-state index contributed by atoms with van der Waals surface area (Å²) in [5.41, 5.74) is 2.17. The molecule has 1 aromatic heterocycles. The Morgan fingerprint density at radius 2 is 2.10 bits per heavy atom. The number of fused-ring (bicyclic) bond motifs is 2. The first kappa shape index (κ1) is 19.3. The minimum Gasteiger partial charge on any atom is -0.485 e. The molecule has 5 rings (SSSR count). The predicted octanol–water partition coefficient (Wildman–Crippen LogP) is 4.21. The van der Waals surface area contributed by atoms with Crippen LogP contribution in [0.2, 0.25) is 0 Å². The lowest BCUT2D eigenvalue weighted by Crippen LogP contribution is -2.48. The SMILES string of the molecule is CCc1ccc2nc(N(CC3CCCO3)C(=O)C3COc4ccccc4O3)sc2c1. The topological polar surface area (TPSA) is 60.9 Å². The molecular weight excluding hydrogens is 400 g/mol. The van der Waals surface area contributed by atoms with Gasteiger partial charge in [-0.1, -0.05) is 36.5 Å². The molecule has 2 unspecified atom stereocenters. The summed E-state index contributed by atoms with van der Waals surface area (Å²) < 4.78 is 18.7. The number of amides is 1. The van der Waals surface area contributed by atoms with E-state index in [0.717, 1.165) is 36.1 Å². The third kappa shape index (κ3) is 3.75. The van der Waals surface area contributed by atoms with E-state index in [2.05, 4.69) is 19.1 Å². The van der Waals surface area contributed by atoms with Crippen LogP contribution in [-0.2, 0) is 16.0 Å². The molecule has 3 aromatic rings. The van der Waals surface area contributed by atoms with Crippen LogP contribution in [0.4, 0.5) is 5.13 Å². The second-order valence-electron chi connectivity index (χ2n) is 7.60. The van der Waals surface area contributed by atoms with Gasteiger partial charge in [-0.05, 0) is 49.1 Å². The zero-order valence-corrected chi connectivity index (χ0v) is 17.7. The van der Waals surface area contributed by atoms with Crippen LogP contribution in [0.3, 0.4) is 0 Å². The fourth-order valence-electron chi connectivity index (χ4n) is 3.86. The van der Waals surface area contributed by atoms with Crippen LogP contribution in [-0.4, -0.2) is 42.9 Å². The highest BCUT2D eigenvalue weighted by Crippen LogP contribution is 2.34. The molecule has 156 valence electrons. The maximum Gasteiger partial charge on any atom is 0.273 e. The van der Waals surface area contributed by atoms with Gasteiger partial charge in [0.05, 0.1) is 22.9 Å². The van der Waals surface area contributed by atoms with Gasteiger partial charge in [-0.3, -0.25) is 9.69 Å². The first-order valence-corrected chi connectivity index (χ1v) is 11.2. The van der Waals surface area contributed by atoms with Gasteiger partial charge in [0.1, 0.15) is 6.61 Å². The predicted molar refractivity (Wildman–Crippen MR) is 117 cm³/mol. The third-order valence-corrected chi connectivity index (χ3v) is 6.58. The van der Waals surface area contributed by atoms with Crippen LogP contribution in [0.25, 0.3) is 10.2 Å². The van der Waals surface area contributed by atoms with Gasteiger partial charge in [-0.25, -0.2) is 4.98 Å². The number of hydrogen-bond donors (Lipinski definition) is 0. The van der Waals surface area contributed by atoms with Gasteiger partial charge in [-0.2, -0.15) is 0 Å². The molecule has 2 atom stereocenters. The number of hydrogen-bond acceptors (Lipinski definition) is 6. The number of carbonyl (C=O) groups excluding carboxylic acids is 1. The molecule has 0 bridgehead atoms. The Morgan fingerprint density at radius 1 is 1.23 bits per heavy atom. The molecule has 1 fully saturated rings. The summed E-state index contributed by atoms with van der Waals surface area (Å²) >= 11 is 1.54. The molecule has 1 saturated heterocycles. The molecular formula is C23H24N2O4S. The summed E-state index contributed by atoms with van der Waals surface area (Å²) in [7, 11) is 0. The first-order valence-electron chi connectivity index (χ1n) is 10.4. The van der Waals surface area contributed by atoms with Crippen molar-refractivity contribution in [3.63, 3.8) is 0 Å². The van der Waals surface area contributed by atoms with Crippen LogP contribution < -0.4 is 14.4 Å². The van der Waals surface area contributed by atoms with Crippen LogP contribution >= 0.6 is 11.3 Å². The van der Waals surface area contributed by atoms with E-state index in [9.17, 15) is 4.79 Å². The number of anilines is 1. The fourth-order valence-corrected chi connectivity index (χ4v) is 4.91. The summed E-state index contributed by atoms with van der Waals surface area (Å²) in [5, 5.41) is 0.682. The second-order valence-corrected chi connectivity index (χ2v) is 8.61. The Kier molecular flexibility index (Phi) is 5.31. The standard InChI is InChI=1S/C23H24N2O4S/c1-2-15-9-10-17-21(12-15)30-23(24-17)25(13-16-6-5-11-27-16)22(26)20-14-28-18-7-3-4-8-19(18)29-20/h3-4,7-10,12,16,20H,2,5-6,11,13-14H2,1H3. The Labute approximate surface area is 179 Å².